The Morgan fingerprint density at radius 2 is 1.86 bits per heavy atom. The summed E-state index contributed by atoms with van der Waals surface area (Å²) < 4.78 is 36.9. The summed E-state index contributed by atoms with van der Waals surface area (Å²) >= 11 is 1.56. The summed E-state index contributed by atoms with van der Waals surface area (Å²) in [6.45, 7) is 6.59. The molecule has 2 unspecified atom stereocenters. The highest BCUT2D eigenvalue weighted by atomic mass is 32.2. The van der Waals surface area contributed by atoms with Crippen molar-refractivity contribution >= 4 is 27.7 Å². The number of benzene rings is 1. The highest BCUT2D eigenvalue weighted by molar-refractivity contribution is 8.01. The van der Waals surface area contributed by atoms with E-state index >= 15 is 0 Å². The molecule has 0 N–H and O–H groups in total. The van der Waals surface area contributed by atoms with Crippen LogP contribution >= 0.6 is 11.8 Å². The molecule has 9 heteroatoms. The first-order valence-electron chi connectivity index (χ1n) is 9.44. The lowest BCUT2D eigenvalue weighted by Gasteiger charge is -2.28. The van der Waals surface area contributed by atoms with Crippen LogP contribution in [0.25, 0.3) is 0 Å². The van der Waals surface area contributed by atoms with Crippen molar-refractivity contribution in [1.29, 1.82) is 0 Å². The number of thioether (sulfide) groups is 1. The first kappa shape index (κ1) is 22.8. The molecule has 0 radical (unpaired) electrons. The highest BCUT2D eigenvalue weighted by Gasteiger charge is 2.39. The monoisotopic (exact) mass is 430 g/mol. The molecule has 1 aromatic carbocycles. The topological polar surface area (TPSA) is 76.2 Å². The number of ether oxygens (including phenoxy) is 2. The Morgan fingerprint density at radius 3 is 2.43 bits per heavy atom. The summed E-state index contributed by atoms with van der Waals surface area (Å²) in [7, 11) is -0.140. The van der Waals surface area contributed by atoms with E-state index < -0.39 is 10.0 Å². The number of carbonyl (C=O) groups is 1. The molecule has 1 aliphatic rings. The minimum Gasteiger partial charge on any atom is -0.493 e. The van der Waals surface area contributed by atoms with E-state index in [1.165, 1.54) is 4.31 Å². The lowest BCUT2D eigenvalue weighted by Crippen LogP contribution is -2.41. The van der Waals surface area contributed by atoms with E-state index in [0.29, 0.717) is 37.6 Å². The summed E-state index contributed by atoms with van der Waals surface area (Å²) in [6, 6.07) is 5.62. The van der Waals surface area contributed by atoms with Crippen molar-refractivity contribution in [3.05, 3.63) is 23.8 Å². The van der Waals surface area contributed by atoms with Crippen LogP contribution in [0.15, 0.2) is 18.2 Å². The van der Waals surface area contributed by atoms with Crippen molar-refractivity contribution in [3.8, 4) is 11.5 Å². The van der Waals surface area contributed by atoms with Gasteiger partial charge in [-0.2, -0.15) is 0 Å². The van der Waals surface area contributed by atoms with Gasteiger partial charge in [0.1, 0.15) is 5.37 Å². The molecular weight excluding hydrogens is 400 g/mol. The number of amides is 1. The molecule has 158 valence electrons. The average Bonchev–Trinajstić information content (AvgIpc) is 2.96. The Labute approximate surface area is 172 Å². The van der Waals surface area contributed by atoms with Crippen LogP contribution in [0.5, 0.6) is 11.5 Å². The maximum absolute atomic E-state index is 12.7. The second-order valence-electron chi connectivity index (χ2n) is 6.58. The molecule has 1 saturated heterocycles. The van der Waals surface area contributed by atoms with Crippen molar-refractivity contribution in [1.82, 2.24) is 9.21 Å². The van der Waals surface area contributed by atoms with Crippen LogP contribution in [0.3, 0.4) is 0 Å². The molecule has 0 bridgehead atoms. The van der Waals surface area contributed by atoms with Crippen LogP contribution in [0.2, 0.25) is 0 Å². The van der Waals surface area contributed by atoms with Gasteiger partial charge in [0.2, 0.25) is 15.9 Å². The first-order chi connectivity index (χ1) is 13.3. The number of sulfonamides is 1. The van der Waals surface area contributed by atoms with Crippen molar-refractivity contribution < 1.29 is 22.7 Å². The molecule has 2 atom stereocenters. The Balaban J connectivity index is 2.23. The molecule has 28 heavy (non-hydrogen) atoms. The summed E-state index contributed by atoms with van der Waals surface area (Å²) in [5.41, 5.74) is 0.930. The molecule has 2 rings (SSSR count). The zero-order valence-corrected chi connectivity index (χ0v) is 18.8. The molecule has 1 aromatic rings. The van der Waals surface area contributed by atoms with Crippen molar-refractivity contribution in [2.24, 2.45) is 0 Å². The number of nitrogens with zero attached hydrogens (tertiary/aromatic N) is 2. The third kappa shape index (κ3) is 4.93. The number of hydrogen-bond acceptors (Lipinski definition) is 6. The molecule has 1 heterocycles. The van der Waals surface area contributed by atoms with Gasteiger partial charge in [-0.25, -0.2) is 12.7 Å². The van der Waals surface area contributed by atoms with Crippen LogP contribution < -0.4 is 9.47 Å². The average molecular weight is 431 g/mol. The second-order valence-corrected chi connectivity index (χ2v) is 10.1. The summed E-state index contributed by atoms with van der Waals surface area (Å²) in [6.07, 6.45) is 0.572. The SMILES string of the molecule is CCCS(=O)(=O)N(CC)CCN1C(=O)C(C)SC1c1ccc(OC)c(OC)c1. The zero-order chi connectivity index (χ0) is 20.9. The van der Waals surface area contributed by atoms with E-state index in [0.717, 1.165) is 5.56 Å². The first-order valence-corrected chi connectivity index (χ1v) is 12.0. The van der Waals surface area contributed by atoms with Crippen LogP contribution in [-0.2, 0) is 14.8 Å². The van der Waals surface area contributed by atoms with E-state index in [1.807, 2.05) is 39.0 Å². The molecule has 0 saturated carbocycles. The number of carbonyl (C=O) groups excluding carboxylic acids is 1. The van der Waals surface area contributed by atoms with E-state index in [4.69, 9.17) is 9.47 Å². The largest absolute Gasteiger partial charge is 0.493 e. The van der Waals surface area contributed by atoms with Crippen molar-refractivity contribution in [2.75, 3.05) is 39.6 Å². The smallest absolute Gasteiger partial charge is 0.236 e. The lowest BCUT2D eigenvalue weighted by molar-refractivity contribution is -0.129. The van der Waals surface area contributed by atoms with Crippen molar-refractivity contribution in [2.45, 2.75) is 37.8 Å². The Bertz CT molecular complexity index is 785. The van der Waals surface area contributed by atoms with Gasteiger partial charge in [0.05, 0.1) is 25.2 Å². The number of rotatable bonds is 10. The zero-order valence-electron chi connectivity index (χ0n) is 17.2. The lowest BCUT2D eigenvalue weighted by atomic mass is 10.1. The van der Waals surface area contributed by atoms with Crippen LogP contribution in [-0.4, -0.2) is 68.4 Å². The molecule has 0 aromatic heterocycles. The normalized spacial score (nSPS) is 20.1. The minimum absolute atomic E-state index is 0.0220. The Morgan fingerprint density at radius 1 is 1.18 bits per heavy atom. The number of likely N-dealkylation sites (N-methyl/N-ethyl adjacent to an activating group) is 1. The fourth-order valence-corrected chi connectivity index (χ4v) is 6.09. The van der Waals surface area contributed by atoms with Crippen LogP contribution in [0.4, 0.5) is 0 Å². The third-order valence-corrected chi connectivity index (χ3v) is 8.28. The predicted octanol–water partition coefficient (Wildman–Crippen LogP) is 2.73. The minimum atomic E-state index is -3.29. The molecule has 1 fully saturated rings. The van der Waals surface area contributed by atoms with Gasteiger partial charge in [-0.05, 0) is 31.0 Å². The van der Waals surface area contributed by atoms with Crippen LogP contribution in [0.1, 0.15) is 38.1 Å². The van der Waals surface area contributed by atoms with Gasteiger partial charge in [0, 0.05) is 19.6 Å². The van der Waals surface area contributed by atoms with Crippen molar-refractivity contribution in [3.63, 3.8) is 0 Å². The fourth-order valence-electron chi connectivity index (χ4n) is 3.27. The summed E-state index contributed by atoms with van der Waals surface area (Å²) in [5, 5.41) is -0.365. The van der Waals surface area contributed by atoms with Gasteiger partial charge in [-0.15, -0.1) is 11.8 Å². The molecule has 1 amide bonds. The van der Waals surface area contributed by atoms with Gasteiger partial charge in [-0.1, -0.05) is 19.9 Å². The predicted molar refractivity (Wildman–Crippen MR) is 112 cm³/mol. The maximum Gasteiger partial charge on any atom is 0.236 e. The summed E-state index contributed by atoms with van der Waals surface area (Å²) in [5.74, 6) is 1.38. The number of hydrogen-bond donors (Lipinski definition) is 0. The van der Waals surface area contributed by atoms with Gasteiger partial charge >= 0.3 is 0 Å². The third-order valence-electron chi connectivity index (χ3n) is 4.74. The molecule has 0 aliphatic carbocycles. The Hall–Kier alpha value is -1.45. The molecule has 0 spiro atoms. The van der Waals surface area contributed by atoms with E-state index in [2.05, 4.69) is 0 Å². The van der Waals surface area contributed by atoms with Gasteiger partial charge in [0.15, 0.2) is 11.5 Å². The fraction of sp³-hybridized carbons (Fsp3) is 0.632. The molecular formula is C19H30N2O5S2. The molecule has 7 nitrogen and oxygen atoms in total. The van der Waals surface area contributed by atoms with Gasteiger partial charge < -0.3 is 14.4 Å². The summed E-state index contributed by atoms with van der Waals surface area (Å²) in [4.78, 5) is 14.5. The van der Waals surface area contributed by atoms with Crippen LogP contribution in [0, 0.1) is 0 Å². The van der Waals surface area contributed by atoms with Gasteiger partial charge in [-0.3, -0.25) is 4.79 Å². The molecule has 1 aliphatic heterocycles. The van der Waals surface area contributed by atoms with E-state index in [-0.39, 0.29) is 22.3 Å². The Kier molecular flexibility index (Phi) is 8.03. The van der Waals surface area contributed by atoms with E-state index in [1.54, 1.807) is 30.9 Å². The van der Waals surface area contributed by atoms with Gasteiger partial charge in [0.25, 0.3) is 0 Å². The second kappa shape index (κ2) is 9.84. The quantitative estimate of drug-likeness (QED) is 0.568. The van der Waals surface area contributed by atoms with E-state index in [9.17, 15) is 13.2 Å². The standard InChI is InChI=1S/C19H30N2O5S2/c1-6-12-28(23,24)20(7-2)10-11-21-18(22)14(3)27-19(21)15-8-9-16(25-4)17(13-15)26-5/h8-9,13-14,19H,6-7,10-12H2,1-5H3. The maximum atomic E-state index is 12.7. The highest BCUT2D eigenvalue weighted by Crippen LogP contribution is 2.44. The number of methoxy groups -OCH3 is 2.